The van der Waals surface area contributed by atoms with Gasteiger partial charge in [0, 0.05) is 18.5 Å². The maximum absolute atomic E-state index is 12.8. The van der Waals surface area contributed by atoms with Crippen LogP contribution in [-0.2, 0) is 15.3 Å². The minimum absolute atomic E-state index is 0.183. The minimum atomic E-state index is -3.25. The lowest BCUT2D eigenvalue weighted by atomic mass is 10.0. The Kier molecular flexibility index (Phi) is 17.6. The van der Waals surface area contributed by atoms with Crippen LogP contribution in [0.1, 0.15) is 164 Å². The first kappa shape index (κ1) is 35.9. The van der Waals surface area contributed by atoms with E-state index in [2.05, 4.69) is 6.92 Å². The van der Waals surface area contributed by atoms with Crippen molar-refractivity contribution in [3.63, 3.8) is 0 Å². The highest BCUT2D eigenvalue weighted by molar-refractivity contribution is 6.61. The monoisotopic (exact) mass is 566 g/mol. The molecule has 0 fully saturated rings. The SMILES string of the molecule is CCCCCCCCCCCCCCCCCC[Si](Oc1c(CC)occc1=O)(OC(C)(C)C)OC(C)(C)C. The Morgan fingerprint density at radius 2 is 1.08 bits per heavy atom. The van der Waals surface area contributed by atoms with Gasteiger partial charge in [-0.1, -0.05) is 110 Å². The minimum Gasteiger partial charge on any atom is -0.495 e. The van der Waals surface area contributed by atoms with Crippen molar-refractivity contribution in [1.29, 1.82) is 0 Å². The molecule has 0 unspecified atom stereocenters. The highest BCUT2D eigenvalue weighted by Crippen LogP contribution is 2.32. The molecule has 0 N–H and O–H groups in total. The van der Waals surface area contributed by atoms with Crippen molar-refractivity contribution in [3.8, 4) is 5.75 Å². The van der Waals surface area contributed by atoms with Gasteiger partial charge in [0.25, 0.3) is 0 Å². The summed E-state index contributed by atoms with van der Waals surface area (Å²) in [6, 6.07) is 2.09. The molecule has 1 aromatic rings. The third kappa shape index (κ3) is 17.3. The Morgan fingerprint density at radius 1 is 0.667 bits per heavy atom. The van der Waals surface area contributed by atoms with Crippen LogP contribution in [0.2, 0.25) is 6.04 Å². The van der Waals surface area contributed by atoms with Gasteiger partial charge in [-0.15, -0.1) is 0 Å². The van der Waals surface area contributed by atoms with Crippen LogP contribution >= 0.6 is 0 Å². The van der Waals surface area contributed by atoms with Gasteiger partial charge in [0.2, 0.25) is 5.43 Å². The van der Waals surface area contributed by atoms with E-state index in [1.807, 2.05) is 48.5 Å². The van der Waals surface area contributed by atoms with Crippen LogP contribution in [0.25, 0.3) is 0 Å². The molecule has 0 atom stereocenters. The fourth-order valence-corrected chi connectivity index (χ4v) is 8.50. The van der Waals surface area contributed by atoms with Crippen molar-refractivity contribution in [1.82, 2.24) is 0 Å². The van der Waals surface area contributed by atoms with Crippen molar-refractivity contribution in [2.24, 2.45) is 0 Å². The maximum Gasteiger partial charge on any atom is 0.567 e. The molecule has 0 radical (unpaired) electrons. The molecule has 1 aromatic heterocycles. The Labute approximate surface area is 242 Å². The highest BCUT2D eigenvalue weighted by Gasteiger charge is 2.50. The Bertz CT molecular complexity index is 790. The fourth-order valence-electron chi connectivity index (χ4n) is 4.99. The zero-order chi connectivity index (χ0) is 29.2. The third-order valence-electron chi connectivity index (χ3n) is 6.75. The van der Waals surface area contributed by atoms with E-state index in [-0.39, 0.29) is 11.2 Å². The average molecular weight is 567 g/mol. The first-order valence-electron chi connectivity index (χ1n) is 16.1. The molecule has 0 aliphatic heterocycles. The molecule has 0 aliphatic rings. The molecule has 0 aromatic carbocycles. The first-order valence-corrected chi connectivity index (χ1v) is 18.0. The summed E-state index contributed by atoms with van der Waals surface area (Å²) < 4.78 is 25.3. The van der Waals surface area contributed by atoms with Crippen LogP contribution in [0.4, 0.5) is 0 Å². The van der Waals surface area contributed by atoms with Crippen LogP contribution in [0.15, 0.2) is 21.5 Å². The maximum atomic E-state index is 12.8. The van der Waals surface area contributed by atoms with E-state index in [1.165, 1.54) is 102 Å². The second-order valence-corrected chi connectivity index (χ2v) is 15.6. The molecule has 0 amide bonds. The van der Waals surface area contributed by atoms with E-state index in [9.17, 15) is 4.79 Å². The molecule has 228 valence electrons. The number of hydrogen-bond donors (Lipinski definition) is 0. The summed E-state index contributed by atoms with van der Waals surface area (Å²) in [7, 11) is -3.25. The molecule has 0 aliphatic carbocycles. The van der Waals surface area contributed by atoms with Crippen molar-refractivity contribution in [2.45, 2.75) is 182 Å². The number of aryl methyl sites for hydroxylation is 1. The van der Waals surface area contributed by atoms with Gasteiger partial charge in [0.05, 0.1) is 17.5 Å². The van der Waals surface area contributed by atoms with Gasteiger partial charge in [0.15, 0.2) is 5.75 Å². The summed E-state index contributed by atoms with van der Waals surface area (Å²) in [5, 5.41) is 0. The lowest BCUT2D eigenvalue weighted by Gasteiger charge is -2.39. The zero-order valence-electron chi connectivity index (χ0n) is 26.9. The van der Waals surface area contributed by atoms with Crippen molar-refractivity contribution in [3.05, 3.63) is 28.3 Å². The summed E-state index contributed by atoms with van der Waals surface area (Å²) >= 11 is 0. The van der Waals surface area contributed by atoms with Gasteiger partial charge in [-0.25, -0.2) is 0 Å². The molecule has 5 nitrogen and oxygen atoms in total. The second kappa shape index (κ2) is 19.1. The quantitative estimate of drug-likeness (QED) is 0.103. The molecule has 0 spiro atoms. The van der Waals surface area contributed by atoms with E-state index >= 15 is 0 Å². The summed E-state index contributed by atoms with van der Waals surface area (Å²) in [5.74, 6) is 0.790. The molecule has 1 rings (SSSR count). The van der Waals surface area contributed by atoms with Gasteiger partial charge in [-0.05, 0) is 48.0 Å². The number of rotatable bonds is 22. The van der Waals surface area contributed by atoms with Crippen molar-refractivity contribution >= 4 is 8.80 Å². The summed E-state index contributed by atoms with van der Waals surface area (Å²) in [5.41, 5.74) is -1.11. The van der Waals surface area contributed by atoms with Crippen LogP contribution in [0.3, 0.4) is 0 Å². The Morgan fingerprint density at radius 3 is 1.46 bits per heavy atom. The molecular weight excluding hydrogens is 504 g/mol. The zero-order valence-corrected chi connectivity index (χ0v) is 27.9. The van der Waals surface area contributed by atoms with Crippen molar-refractivity contribution < 1.29 is 17.7 Å². The van der Waals surface area contributed by atoms with Gasteiger partial charge in [-0.2, -0.15) is 0 Å². The molecule has 0 bridgehead atoms. The molecule has 0 saturated heterocycles. The van der Waals surface area contributed by atoms with Crippen LogP contribution in [0, 0.1) is 0 Å². The van der Waals surface area contributed by atoms with Crippen LogP contribution in [0.5, 0.6) is 5.75 Å². The van der Waals surface area contributed by atoms with E-state index in [0.717, 1.165) is 12.8 Å². The molecule has 6 heteroatoms. The highest BCUT2D eigenvalue weighted by atomic mass is 28.4. The van der Waals surface area contributed by atoms with Gasteiger partial charge in [0.1, 0.15) is 5.76 Å². The third-order valence-corrected chi connectivity index (χ3v) is 10.1. The first-order chi connectivity index (χ1) is 18.4. The van der Waals surface area contributed by atoms with Crippen LogP contribution in [-0.4, -0.2) is 20.0 Å². The van der Waals surface area contributed by atoms with Gasteiger partial charge >= 0.3 is 8.80 Å². The Balaban J connectivity index is 2.53. The van der Waals surface area contributed by atoms with Crippen LogP contribution < -0.4 is 9.85 Å². The van der Waals surface area contributed by atoms with E-state index in [1.54, 1.807) is 0 Å². The molecule has 39 heavy (non-hydrogen) atoms. The predicted molar refractivity (Wildman–Crippen MR) is 167 cm³/mol. The van der Waals surface area contributed by atoms with E-state index < -0.39 is 20.0 Å². The largest absolute Gasteiger partial charge is 0.567 e. The van der Waals surface area contributed by atoms with Gasteiger partial charge < -0.3 is 17.7 Å². The Hall–Kier alpha value is -1.11. The normalized spacial score (nSPS) is 12.7. The second-order valence-electron chi connectivity index (χ2n) is 13.2. The summed E-state index contributed by atoms with van der Waals surface area (Å²) in [6.07, 6.45) is 23.2. The number of hydrogen-bond acceptors (Lipinski definition) is 5. The fraction of sp³-hybridized carbons (Fsp3) is 0.848. The number of unbranched alkanes of at least 4 members (excludes halogenated alkanes) is 15. The molecule has 0 saturated carbocycles. The predicted octanol–water partition coefficient (Wildman–Crippen LogP) is 10.4. The summed E-state index contributed by atoms with van der Waals surface area (Å²) in [4.78, 5) is 12.8. The standard InChI is InChI=1S/C33H62O5Si/c1-9-11-12-13-14-15-16-17-18-19-20-21-22-23-24-25-28-39(37-32(3,4)5,38-33(6,7)8)36-31-29(34)26-27-35-30(31)10-2/h26-27H,9-25,28H2,1-8H3. The average Bonchev–Trinajstić information content (AvgIpc) is 2.83. The summed E-state index contributed by atoms with van der Waals surface area (Å²) in [6.45, 7) is 16.4. The van der Waals surface area contributed by atoms with Crippen molar-refractivity contribution in [2.75, 3.05) is 0 Å². The van der Waals surface area contributed by atoms with E-state index in [0.29, 0.717) is 18.2 Å². The smallest absolute Gasteiger partial charge is 0.495 e. The molecule has 1 heterocycles. The lowest BCUT2D eigenvalue weighted by Crippen LogP contribution is -2.57. The van der Waals surface area contributed by atoms with Gasteiger partial charge in [-0.3, -0.25) is 4.79 Å². The lowest BCUT2D eigenvalue weighted by molar-refractivity contribution is -0.0228. The van der Waals surface area contributed by atoms with E-state index in [4.69, 9.17) is 17.7 Å². The topological polar surface area (TPSA) is 57.9 Å². The molecular formula is C33H62O5Si.